The number of hydrazine groups is 1. The summed E-state index contributed by atoms with van der Waals surface area (Å²) in [5.74, 6) is -2.40. The number of benzene rings is 3. The molecular weight excluding hydrogens is 410 g/mol. The molecule has 3 rings (SSSR count). The second kappa shape index (κ2) is 10.5. The first kappa shape index (κ1) is 22.2. The van der Waals surface area contributed by atoms with E-state index in [9.17, 15) is 19.2 Å². The van der Waals surface area contributed by atoms with Crippen molar-refractivity contribution in [2.45, 2.75) is 6.92 Å². The van der Waals surface area contributed by atoms with E-state index in [1.807, 2.05) is 13.0 Å². The summed E-state index contributed by atoms with van der Waals surface area (Å²) in [4.78, 5) is 48.8. The Bertz CT molecular complexity index is 1150. The van der Waals surface area contributed by atoms with Crippen LogP contribution < -0.4 is 16.2 Å². The summed E-state index contributed by atoms with van der Waals surface area (Å²) in [6.45, 7) is 1.25. The molecule has 3 amide bonds. The number of hydrogen-bond donors (Lipinski definition) is 3. The zero-order chi connectivity index (χ0) is 22.9. The molecule has 0 atom stereocenters. The lowest BCUT2D eigenvalue weighted by Gasteiger charge is -2.12. The van der Waals surface area contributed by atoms with E-state index in [0.717, 1.165) is 5.56 Å². The van der Waals surface area contributed by atoms with Crippen molar-refractivity contribution in [2.75, 3.05) is 11.9 Å². The standard InChI is InChI=1S/C24H21N3O5/c1-16-8-7-11-18(14-16)22(29)25-20-13-6-5-12-19(20)24(31)32-15-21(28)26-27-23(30)17-9-3-2-4-10-17/h2-14H,15H2,1H3,(H,25,29)(H,26,28)(H,27,30). The number of ether oxygens (including phenoxy) is 1. The Hall–Kier alpha value is -4.46. The Kier molecular flexibility index (Phi) is 7.32. The van der Waals surface area contributed by atoms with Crippen LogP contribution in [0.1, 0.15) is 36.6 Å². The van der Waals surface area contributed by atoms with Crippen molar-refractivity contribution < 1.29 is 23.9 Å². The summed E-state index contributed by atoms with van der Waals surface area (Å²) in [5.41, 5.74) is 6.49. The second-order valence-electron chi connectivity index (χ2n) is 6.81. The highest BCUT2D eigenvalue weighted by molar-refractivity contribution is 6.08. The van der Waals surface area contributed by atoms with Crippen molar-refractivity contribution in [1.29, 1.82) is 0 Å². The molecule has 0 aliphatic heterocycles. The molecular formula is C24H21N3O5. The smallest absolute Gasteiger partial charge is 0.340 e. The van der Waals surface area contributed by atoms with E-state index in [0.29, 0.717) is 11.1 Å². The van der Waals surface area contributed by atoms with Gasteiger partial charge in [0.25, 0.3) is 17.7 Å². The summed E-state index contributed by atoms with van der Waals surface area (Å²) in [6.07, 6.45) is 0. The SMILES string of the molecule is Cc1cccc(C(=O)Nc2ccccc2C(=O)OCC(=O)NNC(=O)c2ccccc2)c1. The molecule has 0 fully saturated rings. The first-order chi connectivity index (χ1) is 15.4. The molecule has 8 nitrogen and oxygen atoms in total. The highest BCUT2D eigenvalue weighted by Crippen LogP contribution is 2.18. The third-order valence-electron chi connectivity index (χ3n) is 4.36. The molecule has 0 radical (unpaired) electrons. The topological polar surface area (TPSA) is 114 Å². The molecule has 3 N–H and O–H groups in total. The van der Waals surface area contributed by atoms with Gasteiger partial charge in [-0.3, -0.25) is 25.2 Å². The van der Waals surface area contributed by atoms with Crippen LogP contribution in [0.25, 0.3) is 0 Å². The predicted octanol–water partition coefficient (Wildman–Crippen LogP) is 2.87. The fourth-order valence-corrected chi connectivity index (χ4v) is 2.78. The monoisotopic (exact) mass is 431 g/mol. The molecule has 0 heterocycles. The molecule has 0 aromatic heterocycles. The average molecular weight is 431 g/mol. The Labute approximate surface area is 184 Å². The van der Waals surface area contributed by atoms with Crippen LogP contribution in [0.4, 0.5) is 5.69 Å². The molecule has 3 aromatic rings. The van der Waals surface area contributed by atoms with Gasteiger partial charge >= 0.3 is 5.97 Å². The van der Waals surface area contributed by atoms with Crippen LogP contribution in [0.5, 0.6) is 0 Å². The van der Waals surface area contributed by atoms with Crippen molar-refractivity contribution in [3.8, 4) is 0 Å². The predicted molar refractivity (Wildman–Crippen MR) is 118 cm³/mol. The second-order valence-corrected chi connectivity index (χ2v) is 6.81. The van der Waals surface area contributed by atoms with Gasteiger partial charge in [0.1, 0.15) is 0 Å². The molecule has 162 valence electrons. The zero-order valence-corrected chi connectivity index (χ0v) is 17.3. The Morgan fingerprint density at radius 3 is 2.19 bits per heavy atom. The molecule has 32 heavy (non-hydrogen) atoms. The molecule has 0 aliphatic rings. The number of aryl methyl sites for hydroxylation is 1. The van der Waals surface area contributed by atoms with Crippen LogP contribution in [0.15, 0.2) is 78.9 Å². The quantitative estimate of drug-likeness (QED) is 0.410. The summed E-state index contributed by atoms with van der Waals surface area (Å²) in [6, 6.07) is 21.6. The molecule has 0 saturated carbocycles. The van der Waals surface area contributed by atoms with E-state index >= 15 is 0 Å². The van der Waals surface area contributed by atoms with Crippen molar-refractivity contribution in [1.82, 2.24) is 10.9 Å². The van der Waals surface area contributed by atoms with E-state index in [1.54, 1.807) is 66.7 Å². The summed E-state index contributed by atoms with van der Waals surface area (Å²) in [5, 5.41) is 2.68. The first-order valence-electron chi connectivity index (χ1n) is 9.72. The van der Waals surface area contributed by atoms with Gasteiger partial charge in [-0.15, -0.1) is 0 Å². The van der Waals surface area contributed by atoms with Gasteiger partial charge in [0.2, 0.25) is 0 Å². The lowest BCUT2D eigenvalue weighted by atomic mass is 10.1. The molecule has 3 aromatic carbocycles. The lowest BCUT2D eigenvalue weighted by molar-refractivity contribution is -0.125. The Morgan fingerprint density at radius 2 is 1.44 bits per heavy atom. The first-order valence-corrected chi connectivity index (χ1v) is 9.72. The van der Waals surface area contributed by atoms with Crippen LogP contribution in [0, 0.1) is 6.92 Å². The third-order valence-corrected chi connectivity index (χ3v) is 4.36. The van der Waals surface area contributed by atoms with Crippen molar-refractivity contribution in [2.24, 2.45) is 0 Å². The number of hydrogen-bond acceptors (Lipinski definition) is 5. The van der Waals surface area contributed by atoms with Crippen LogP contribution in [0.2, 0.25) is 0 Å². The number of nitrogens with one attached hydrogen (secondary N) is 3. The number of esters is 1. The minimum Gasteiger partial charge on any atom is -0.452 e. The van der Waals surface area contributed by atoms with Gasteiger partial charge in [0, 0.05) is 11.1 Å². The van der Waals surface area contributed by atoms with Gasteiger partial charge < -0.3 is 10.1 Å². The van der Waals surface area contributed by atoms with Crippen molar-refractivity contribution in [3.05, 3.63) is 101 Å². The normalized spacial score (nSPS) is 10.0. The number of anilines is 1. The van der Waals surface area contributed by atoms with Crippen LogP contribution in [-0.2, 0) is 9.53 Å². The summed E-state index contributed by atoms with van der Waals surface area (Å²) >= 11 is 0. The highest BCUT2D eigenvalue weighted by Gasteiger charge is 2.17. The van der Waals surface area contributed by atoms with Gasteiger partial charge in [-0.05, 0) is 43.3 Å². The van der Waals surface area contributed by atoms with Crippen molar-refractivity contribution in [3.63, 3.8) is 0 Å². The maximum Gasteiger partial charge on any atom is 0.340 e. The number of para-hydroxylation sites is 1. The number of carbonyl (C=O) groups excluding carboxylic acids is 4. The van der Waals surface area contributed by atoms with Gasteiger partial charge in [0.15, 0.2) is 6.61 Å². The van der Waals surface area contributed by atoms with Gasteiger partial charge in [-0.25, -0.2) is 4.79 Å². The van der Waals surface area contributed by atoms with Gasteiger partial charge in [0.05, 0.1) is 11.3 Å². The van der Waals surface area contributed by atoms with E-state index < -0.39 is 24.4 Å². The molecule has 0 aliphatic carbocycles. The molecule has 8 heteroatoms. The van der Waals surface area contributed by atoms with E-state index in [-0.39, 0.29) is 17.2 Å². The van der Waals surface area contributed by atoms with Gasteiger partial charge in [-0.2, -0.15) is 0 Å². The average Bonchev–Trinajstić information content (AvgIpc) is 2.81. The summed E-state index contributed by atoms with van der Waals surface area (Å²) in [7, 11) is 0. The molecule has 0 spiro atoms. The Balaban J connectivity index is 1.55. The molecule has 0 bridgehead atoms. The number of rotatable bonds is 6. The fraction of sp³-hybridized carbons (Fsp3) is 0.0833. The van der Waals surface area contributed by atoms with Crippen molar-refractivity contribution >= 4 is 29.4 Å². The van der Waals surface area contributed by atoms with Crippen LogP contribution in [-0.4, -0.2) is 30.3 Å². The van der Waals surface area contributed by atoms with Gasteiger partial charge in [-0.1, -0.05) is 48.0 Å². The fourth-order valence-electron chi connectivity index (χ4n) is 2.78. The van der Waals surface area contributed by atoms with Crippen LogP contribution >= 0.6 is 0 Å². The summed E-state index contributed by atoms with van der Waals surface area (Å²) < 4.78 is 5.02. The minimum absolute atomic E-state index is 0.0922. The van der Waals surface area contributed by atoms with E-state index in [4.69, 9.17) is 4.74 Å². The highest BCUT2D eigenvalue weighted by atomic mass is 16.5. The maximum absolute atomic E-state index is 12.5. The van der Waals surface area contributed by atoms with E-state index in [1.165, 1.54) is 6.07 Å². The lowest BCUT2D eigenvalue weighted by Crippen LogP contribution is -2.43. The zero-order valence-electron chi connectivity index (χ0n) is 17.3. The Morgan fingerprint density at radius 1 is 0.750 bits per heavy atom. The largest absolute Gasteiger partial charge is 0.452 e. The maximum atomic E-state index is 12.5. The minimum atomic E-state index is -0.797. The molecule has 0 unspecified atom stereocenters. The van der Waals surface area contributed by atoms with E-state index in [2.05, 4.69) is 16.2 Å². The van der Waals surface area contributed by atoms with Crippen LogP contribution in [0.3, 0.4) is 0 Å². The third kappa shape index (κ3) is 6.02. The number of carbonyl (C=O) groups is 4. The molecule has 0 saturated heterocycles. The number of amides is 3.